The van der Waals surface area contributed by atoms with Gasteiger partial charge in [0.1, 0.15) is 11.6 Å². The second-order valence-corrected chi connectivity index (χ2v) is 8.30. The number of nitrogens with one attached hydrogen (secondary N) is 2. The van der Waals surface area contributed by atoms with Gasteiger partial charge < -0.3 is 16.4 Å². The Morgan fingerprint density at radius 3 is 2.61 bits per heavy atom. The fraction of sp³-hybridized carbons (Fsp3) is 0.292. The van der Waals surface area contributed by atoms with Crippen molar-refractivity contribution >= 4 is 17.5 Å². The van der Waals surface area contributed by atoms with E-state index in [1.54, 1.807) is 10.7 Å². The summed E-state index contributed by atoms with van der Waals surface area (Å²) in [5.74, 6) is 1.03. The van der Waals surface area contributed by atoms with Crippen LogP contribution in [-0.2, 0) is 6.54 Å². The smallest absolute Gasteiger partial charge is 0.229 e. The zero-order valence-corrected chi connectivity index (χ0v) is 18.1. The molecule has 9 heteroatoms. The van der Waals surface area contributed by atoms with Crippen molar-refractivity contribution in [3.63, 3.8) is 0 Å². The predicted molar refractivity (Wildman–Crippen MR) is 126 cm³/mol. The van der Waals surface area contributed by atoms with Crippen LogP contribution in [0.15, 0.2) is 54.9 Å². The minimum Gasteiger partial charge on any atom is -0.351 e. The molecule has 1 aliphatic rings. The zero-order valence-electron chi connectivity index (χ0n) is 18.1. The van der Waals surface area contributed by atoms with E-state index in [2.05, 4.69) is 61.0 Å². The summed E-state index contributed by atoms with van der Waals surface area (Å²) in [7, 11) is 0. The summed E-state index contributed by atoms with van der Waals surface area (Å²) in [6, 6.07) is 16.8. The van der Waals surface area contributed by atoms with E-state index in [0.29, 0.717) is 29.7 Å². The normalized spacial score (nSPS) is 18.1. The number of nitrogens with two attached hydrogens (primary N) is 1. The van der Waals surface area contributed by atoms with Gasteiger partial charge in [-0.05, 0) is 43.4 Å². The molecule has 0 spiro atoms. The van der Waals surface area contributed by atoms with Crippen LogP contribution in [0, 0.1) is 11.3 Å². The number of nitriles is 1. The van der Waals surface area contributed by atoms with Gasteiger partial charge in [0.05, 0.1) is 11.9 Å². The number of aromatic nitrogens is 5. The summed E-state index contributed by atoms with van der Waals surface area (Å²) in [5.41, 5.74) is 10.0. The maximum absolute atomic E-state index is 9.46. The number of pyridine rings is 1. The summed E-state index contributed by atoms with van der Waals surface area (Å²) in [6.07, 6.45) is 7.22. The summed E-state index contributed by atoms with van der Waals surface area (Å²) < 4.78 is 1.57. The van der Waals surface area contributed by atoms with Crippen LogP contribution >= 0.6 is 0 Å². The maximum atomic E-state index is 9.46. The highest BCUT2D eigenvalue weighted by Crippen LogP contribution is 2.22. The quantitative estimate of drug-likeness (QED) is 0.417. The Morgan fingerprint density at radius 2 is 1.88 bits per heavy atom. The fourth-order valence-electron chi connectivity index (χ4n) is 4.09. The molecule has 0 saturated heterocycles. The first-order valence-corrected chi connectivity index (χ1v) is 11.1. The van der Waals surface area contributed by atoms with Gasteiger partial charge in [0.15, 0.2) is 5.65 Å². The zero-order chi connectivity index (χ0) is 22.6. The molecule has 1 fully saturated rings. The number of fused-ring (bicyclic) bond motifs is 1. The summed E-state index contributed by atoms with van der Waals surface area (Å²) in [6.45, 7) is 0.550. The SMILES string of the molecule is N#Cc1cnn2c(NCc3ccc(-c4ccccn4)cc3)nc(NC3CCC(N)CC3)nc12. The van der Waals surface area contributed by atoms with Gasteiger partial charge in [0.25, 0.3) is 0 Å². The van der Waals surface area contributed by atoms with E-state index < -0.39 is 0 Å². The average molecular weight is 440 g/mol. The molecule has 1 saturated carbocycles. The van der Waals surface area contributed by atoms with E-state index in [-0.39, 0.29) is 12.1 Å². The lowest BCUT2D eigenvalue weighted by molar-refractivity contribution is 0.410. The molecule has 0 atom stereocenters. The lowest BCUT2D eigenvalue weighted by Crippen LogP contribution is -2.33. The van der Waals surface area contributed by atoms with Gasteiger partial charge in [-0.1, -0.05) is 30.3 Å². The highest BCUT2D eigenvalue weighted by molar-refractivity contribution is 5.60. The van der Waals surface area contributed by atoms with Gasteiger partial charge in [0, 0.05) is 30.4 Å². The van der Waals surface area contributed by atoms with E-state index in [4.69, 9.17) is 5.73 Å². The maximum Gasteiger partial charge on any atom is 0.229 e. The van der Waals surface area contributed by atoms with Crippen molar-refractivity contribution in [1.82, 2.24) is 24.6 Å². The number of benzene rings is 1. The first-order valence-electron chi connectivity index (χ1n) is 11.1. The van der Waals surface area contributed by atoms with Gasteiger partial charge in [-0.3, -0.25) is 4.98 Å². The molecule has 33 heavy (non-hydrogen) atoms. The van der Waals surface area contributed by atoms with Crippen LogP contribution < -0.4 is 16.4 Å². The Kier molecular flexibility index (Phi) is 5.83. The summed E-state index contributed by atoms with van der Waals surface area (Å²) >= 11 is 0. The largest absolute Gasteiger partial charge is 0.351 e. The van der Waals surface area contributed by atoms with Crippen molar-refractivity contribution in [3.8, 4) is 17.3 Å². The molecule has 5 rings (SSSR count). The van der Waals surface area contributed by atoms with E-state index in [1.165, 1.54) is 6.20 Å². The molecule has 0 unspecified atom stereocenters. The van der Waals surface area contributed by atoms with Crippen LogP contribution in [0.25, 0.3) is 16.9 Å². The first-order chi connectivity index (χ1) is 16.2. The molecular weight excluding hydrogens is 414 g/mol. The number of hydrogen-bond acceptors (Lipinski definition) is 8. The van der Waals surface area contributed by atoms with E-state index in [9.17, 15) is 5.26 Å². The molecule has 0 amide bonds. The van der Waals surface area contributed by atoms with Crippen LogP contribution in [0.2, 0.25) is 0 Å². The highest BCUT2D eigenvalue weighted by Gasteiger charge is 2.20. The van der Waals surface area contributed by atoms with E-state index in [1.807, 2.05) is 18.2 Å². The summed E-state index contributed by atoms with van der Waals surface area (Å²) in [4.78, 5) is 13.6. The average Bonchev–Trinajstić information content (AvgIpc) is 3.28. The molecule has 3 heterocycles. The molecule has 0 aliphatic heterocycles. The molecule has 0 radical (unpaired) electrons. The molecule has 4 aromatic rings. The molecule has 1 aliphatic carbocycles. The molecule has 3 aromatic heterocycles. The van der Waals surface area contributed by atoms with Crippen molar-refractivity contribution in [3.05, 3.63) is 66.0 Å². The van der Waals surface area contributed by atoms with Gasteiger partial charge in [-0.2, -0.15) is 24.8 Å². The summed E-state index contributed by atoms with van der Waals surface area (Å²) in [5, 5.41) is 20.5. The minimum absolute atomic E-state index is 0.271. The lowest BCUT2D eigenvalue weighted by atomic mass is 9.92. The predicted octanol–water partition coefficient (Wildman–Crippen LogP) is 3.35. The topological polar surface area (TPSA) is 130 Å². The Labute approximate surface area is 191 Å². The van der Waals surface area contributed by atoms with Gasteiger partial charge in [-0.15, -0.1) is 0 Å². The molecule has 1 aromatic carbocycles. The van der Waals surface area contributed by atoms with Crippen molar-refractivity contribution in [2.24, 2.45) is 5.73 Å². The second-order valence-electron chi connectivity index (χ2n) is 8.30. The number of nitrogens with zero attached hydrogens (tertiary/aromatic N) is 6. The monoisotopic (exact) mass is 439 g/mol. The van der Waals surface area contributed by atoms with Crippen LogP contribution in [0.4, 0.5) is 11.9 Å². The fourth-order valence-corrected chi connectivity index (χ4v) is 4.09. The van der Waals surface area contributed by atoms with Crippen molar-refractivity contribution in [2.75, 3.05) is 10.6 Å². The van der Waals surface area contributed by atoms with Gasteiger partial charge in [-0.25, -0.2) is 0 Å². The number of rotatable bonds is 6. The van der Waals surface area contributed by atoms with Crippen molar-refractivity contribution < 1.29 is 0 Å². The van der Waals surface area contributed by atoms with E-state index in [0.717, 1.165) is 42.5 Å². The third-order valence-electron chi connectivity index (χ3n) is 5.96. The number of anilines is 2. The molecule has 9 nitrogen and oxygen atoms in total. The molecular formula is C24H25N9. The second kappa shape index (κ2) is 9.22. The number of hydrogen-bond donors (Lipinski definition) is 3. The van der Waals surface area contributed by atoms with Crippen LogP contribution in [0.1, 0.15) is 36.8 Å². The minimum atomic E-state index is 0.271. The third-order valence-corrected chi connectivity index (χ3v) is 5.96. The molecule has 166 valence electrons. The van der Waals surface area contributed by atoms with Crippen LogP contribution in [-0.4, -0.2) is 36.6 Å². The van der Waals surface area contributed by atoms with Crippen LogP contribution in [0.5, 0.6) is 0 Å². The molecule has 0 bridgehead atoms. The van der Waals surface area contributed by atoms with E-state index >= 15 is 0 Å². The molecule has 4 N–H and O–H groups in total. The third kappa shape index (κ3) is 4.61. The van der Waals surface area contributed by atoms with Crippen molar-refractivity contribution in [2.45, 2.75) is 44.3 Å². The Hall–Kier alpha value is -4.03. The lowest BCUT2D eigenvalue weighted by Gasteiger charge is -2.26. The Bertz CT molecular complexity index is 1270. The first kappa shape index (κ1) is 20.8. The van der Waals surface area contributed by atoms with Crippen molar-refractivity contribution in [1.29, 1.82) is 5.26 Å². The van der Waals surface area contributed by atoms with Crippen LogP contribution in [0.3, 0.4) is 0 Å². The van der Waals surface area contributed by atoms with Gasteiger partial charge in [0.2, 0.25) is 11.9 Å². The Balaban J connectivity index is 1.35. The Morgan fingerprint density at radius 1 is 1.06 bits per heavy atom. The standard InChI is InChI=1S/C24H25N9/c25-13-18-15-29-33-22(18)31-23(30-20-10-8-19(26)9-11-20)32-24(33)28-14-16-4-6-17(7-5-16)21-3-1-2-12-27-21/h1-7,12,15,19-20H,8-11,14,26H2,(H2,28,30,31,32). The van der Waals surface area contributed by atoms with Gasteiger partial charge >= 0.3 is 0 Å². The highest BCUT2D eigenvalue weighted by atomic mass is 15.4.